The minimum atomic E-state index is -0.394. The van der Waals surface area contributed by atoms with Gasteiger partial charge in [0.25, 0.3) is 0 Å². The number of rotatable bonds is 9. The summed E-state index contributed by atoms with van der Waals surface area (Å²) in [4.78, 5) is 11.0. The van der Waals surface area contributed by atoms with Crippen molar-refractivity contribution in [3.8, 4) is 5.75 Å². The van der Waals surface area contributed by atoms with Crippen molar-refractivity contribution >= 4 is 17.7 Å². The standard InChI is InChI=1S/C17H22N4O2S/c1-4-10-21-16(19-20-17(21)24-11-15(18)22)12(3)23-14-8-6-13(5-2)7-9-14/h4,6-9,12H,1,5,10-11H2,2-3H3,(H2,18,22). The first-order valence-corrected chi connectivity index (χ1v) is 8.74. The highest BCUT2D eigenvalue weighted by atomic mass is 32.2. The van der Waals surface area contributed by atoms with Crippen LogP contribution in [0.4, 0.5) is 0 Å². The van der Waals surface area contributed by atoms with Crippen molar-refractivity contribution in [3.63, 3.8) is 0 Å². The lowest BCUT2D eigenvalue weighted by Gasteiger charge is -2.16. The number of ether oxygens (including phenoxy) is 1. The third-order valence-corrected chi connectivity index (χ3v) is 4.40. The molecular weight excluding hydrogens is 324 g/mol. The second-order valence-corrected chi connectivity index (χ2v) is 6.20. The van der Waals surface area contributed by atoms with Crippen LogP contribution >= 0.6 is 11.8 Å². The number of benzene rings is 1. The van der Waals surface area contributed by atoms with E-state index in [1.54, 1.807) is 6.08 Å². The second-order valence-electron chi connectivity index (χ2n) is 5.25. The number of hydrogen-bond acceptors (Lipinski definition) is 5. The van der Waals surface area contributed by atoms with E-state index in [1.807, 2.05) is 35.8 Å². The Morgan fingerprint density at radius 1 is 1.42 bits per heavy atom. The van der Waals surface area contributed by atoms with Crippen LogP contribution in [0.25, 0.3) is 0 Å². The molecule has 2 N–H and O–H groups in total. The number of aromatic nitrogens is 3. The molecule has 0 saturated carbocycles. The lowest BCUT2D eigenvalue weighted by atomic mass is 10.2. The van der Waals surface area contributed by atoms with Crippen LogP contribution < -0.4 is 10.5 Å². The number of primary amides is 1. The maximum atomic E-state index is 11.0. The van der Waals surface area contributed by atoms with E-state index in [2.05, 4.69) is 23.7 Å². The first kappa shape index (κ1) is 18.1. The highest BCUT2D eigenvalue weighted by Gasteiger charge is 2.19. The fourth-order valence-corrected chi connectivity index (χ4v) is 2.90. The van der Waals surface area contributed by atoms with Gasteiger partial charge in [0.15, 0.2) is 17.1 Å². The summed E-state index contributed by atoms with van der Waals surface area (Å²) in [6.07, 6.45) is 2.46. The zero-order chi connectivity index (χ0) is 17.5. The van der Waals surface area contributed by atoms with Crippen LogP contribution in [-0.2, 0) is 17.8 Å². The SMILES string of the molecule is C=CCn1c(SCC(N)=O)nnc1C(C)Oc1ccc(CC)cc1. The molecule has 0 aliphatic rings. The molecule has 1 heterocycles. The number of nitrogens with two attached hydrogens (primary N) is 1. The summed E-state index contributed by atoms with van der Waals surface area (Å²) in [6, 6.07) is 7.99. The van der Waals surface area contributed by atoms with Gasteiger partial charge in [-0.2, -0.15) is 0 Å². The third kappa shape index (κ3) is 4.61. The number of nitrogens with zero attached hydrogens (tertiary/aromatic N) is 3. The zero-order valence-electron chi connectivity index (χ0n) is 13.9. The van der Waals surface area contributed by atoms with Gasteiger partial charge in [0.2, 0.25) is 5.91 Å². The average molecular weight is 346 g/mol. The van der Waals surface area contributed by atoms with E-state index in [9.17, 15) is 4.79 Å². The second kappa shape index (κ2) is 8.54. The number of hydrogen-bond donors (Lipinski definition) is 1. The van der Waals surface area contributed by atoms with Crippen LogP contribution in [0.2, 0.25) is 0 Å². The molecule has 1 aromatic carbocycles. The molecule has 0 bridgehead atoms. The minimum Gasteiger partial charge on any atom is -0.483 e. The predicted octanol–water partition coefficient (Wildman–Crippen LogP) is 2.74. The number of amides is 1. The highest BCUT2D eigenvalue weighted by Crippen LogP contribution is 2.25. The van der Waals surface area contributed by atoms with Crippen LogP contribution in [0.5, 0.6) is 5.75 Å². The average Bonchev–Trinajstić information content (AvgIpc) is 2.97. The Balaban J connectivity index is 2.16. The molecule has 128 valence electrons. The number of carbonyl (C=O) groups excluding carboxylic acids is 1. The Morgan fingerprint density at radius 3 is 2.71 bits per heavy atom. The molecule has 0 aliphatic carbocycles. The van der Waals surface area contributed by atoms with Gasteiger partial charge >= 0.3 is 0 Å². The van der Waals surface area contributed by atoms with Crippen LogP contribution in [0, 0.1) is 0 Å². The van der Waals surface area contributed by atoms with Crippen LogP contribution in [-0.4, -0.2) is 26.4 Å². The molecule has 6 nitrogen and oxygen atoms in total. The quantitative estimate of drug-likeness (QED) is 0.557. The van der Waals surface area contributed by atoms with E-state index >= 15 is 0 Å². The van der Waals surface area contributed by atoms with Gasteiger partial charge in [-0.05, 0) is 31.0 Å². The van der Waals surface area contributed by atoms with E-state index in [0.717, 1.165) is 12.2 Å². The van der Waals surface area contributed by atoms with Crippen LogP contribution in [0.15, 0.2) is 42.1 Å². The fraction of sp³-hybridized carbons (Fsp3) is 0.353. The number of thioether (sulfide) groups is 1. The molecule has 1 unspecified atom stereocenters. The Kier molecular flexibility index (Phi) is 6.43. The summed E-state index contributed by atoms with van der Waals surface area (Å²) in [6.45, 7) is 8.32. The van der Waals surface area contributed by atoms with E-state index in [1.165, 1.54) is 17.3 Å². The van der Waals surface area contributed by atoms with E-state index in [0.29, 0.717) is 17.5 Å². The van der Waals surface area contributed by atoms with E-state index in [-0.39, 0.29) is 11.9 Å². The van der Waals surface area contributed by atoms with Crippen molar-refractivity contribution in [1.29, 1.82) is 0 Å². The van der Waals surface area contributed by atoms with Gasteiger partial charge in [-0.1, -0.05) is 36.9 Å². The summed E-state index contributed by atoms with van der Waals surface area (Å²) >= 11 is 1.26. The molecule has 2 rings (SSSR count). The van der Waals surface area contributed by atoms with Gasteiger partial charge in [-0.25, -0.2) is 0 Å². The largest absolute Gasteiger partial charge is 0.483 e. The molecule has 0 saturated heterocycles. The number of allylic oxidation sites excluding steroid dienone is 1. The number of carbonyl (C=O) groups is 1. The molecule has 0 fully saturated rings. The first-order valence-electron chi connectivity index (χ1n) is 7.75. The Bertz CT molecular complexity index is 697. The maximum Gasteiger partial charge on any atom is 0.227 e. The van der Waals surface area contributed by atoms with Crippen molar-refractivity contribution in [2.24, 2.45) is 5.73 Å². The summed E-state index contributed by atoms with van der Waals surface area (Å²) in [7, 11) is 0. The molecule has 1 amide bonds. The van der Waals surface area contributed by atoms with Gasteiger partial charge < -0.3 is 10.5 Å². The Labute approximate surface area is 146 Å². The lowest BCUT2D eigenvalue weighted by molar-refractivity contribution is -0.115. The van der Waals surface area contributed by atoms with Crippen molar-refractivity contribution in [2.45, 2.75) is 38.1 Å². The van der Waals surface area contributed by atoms with Crippen LogP contribution in [0.3, 0.4) is 0 Å². The van der Waals surface area contributed by atoms with Gasteiger partial charge in [0.1, 0.15) is 5.75 Å². The molecule has 0 spiro atoms. The summed E-state index contributed by atoms with van der Waals surface area (Å²) < 4.78 is 7.85. The highest BCUT2D eigenvalue weighted by molar-refractivity contribution is 7.99. The normalized spacial score (nSPS) is 11.9. The monoisotopic (exact) mass is 346 g/mol. The van der Waals surface area contributed by atoms with Crippen molar-refractivity contribution in [1.82, 2.24) is 14.8 Å². The van der Waals surface area contributed by atoms with Crippen LogP contribution in [0.1, 0.15) is 31.3 Å². The predicted molar refractivity (Wildman–Crippen MR) is 95.0 cm³/mol. The van der Waals surface area contributed by atoms with Crippen molar-refractivity contribution < 1.29 is 9.53 Å². The zero-order valence-corrected chi connectivity index (χ0v) is 14.8. The summed E-state index contributed by atoms with van der Waals surface area (Å²) in [5.74, 6) is 1.22. The minimum absolute atomic E-state index is 0.156. The third-order valence-electron chi connectivity index (χ3n) is 3.41. The van der Waals surface area contributed by atoms with Crippen molar-refractivity contribution in [3.05, 3.63) is 48.3 Å². The van der Waals surface area contributed by atoms with Gasteiger partial charge in [-0.15, -0.1) is 16.8 Å². The smallest absolute Gasteiger partial charge is 0.227 e. The lowest BCUT2D eigenvalue weighted by Crippen LogP contribution is -2.15. The van der Waals surface area contributed by atoms with Gasteiger partial charge in [-0.3, -0.25) is 9.36 Å². The molecule has 2 aromatic rings. The topological polar surface area (TPSA) is 83.0 Å². The Morgan fingerprint density at radius 2 is 2.12 bits per heavy atom. The molecule has 0 radical (unpaired) electrons. The first-order chi connectivity index (χ1) is 11.5. The molecule has 7 heteroatoms. The van der Waals surface area contributed by atoms with E-state index in [4.69, 9.17) is 10.5 Å². The van der Waals surface area contributed by atoms with Gasteiger partial charge in [0, 0.05) is 6.54 Å². The summed E-state index contributed by atoms with van der Waals surface area (Å²) in [5.41, 5.74) is 6.45. The molecule has 1 aromatic heterocycles. The molecular formula is C17H22N4O2S. The van der Waals surface area contributed by atoms with Gasteiger partial charge in [0.05, 0.1) is 5.75 Å². The Hall–Kier alpha value is -2.28. The molecule has 24 heavy (non-hydrogen) atoms. The summed E-state index contributed by atoms with van der Waals surface area (Å²) in [5, 5.41) is 8.97. The maximum absolute atomic E-state index is 11.0. The molecule has 1 atom stereocenters. The molecule has 0 aliphatic heterocycles. The van der Waals surface area contributed by atoms with E-state index < -0.39 is 5.91 Å². The fourth-order valence-electron chi connectivity index (χ4n) is 2.20. The van der Waals surface area contributed by atoms with Crippen molar-refractivity contribution in [2.75, 3.05) is 5.75 Å². The number of aryl methyl sites for hydroxylation is 1.